The van der Waals surface area contributed by atoms with Gasteiger partial charge in [-0.25, -0.2) is 19.7 Å². The Morgan fingerprint density at radius 2 is 1.93 bits per heavy atom. The number of β-lactam (4-membered cyclic amide) rings is 1. The van der Waals surface area contributed by atoms with Crippen molar-refractivity contribution in [2.24, 2.45) is 5.92 Å². The Morgan fingerprint density at radius 1 is 1.22 bits per heavy atom. The van der Waals surface area contributed by atoms with Gasteiger partial charge in [0.15, 0.2) is 0 Å². The molecule has 0 N–H and O–H groups in total. The zero-order valence-electron chi connectivity index (χ0n) is 15.4. The van der Waals surface area contributed by atoms with E-state index in [1.54, 1.807) is 44.2 Å². The Bertz CT molecular complexity index is 824. The average molecular weight is 371 g/mol. The number of hydroxylamine groups is 2. The monoisotopic (exact) mass is 371 g/mol. The molecule has 0 unspecified atom stereocenters. The average Bonchev–Trinajstić information content (AvgIpc) is 2.88. The van der Waals surface area contributed by atoms with Gasteiger partial charge in [0.05, 0.1) is 18.6 Å². The van der Waals surface area contributed by atoms with E-state index in [2.05, 4.69) is 0 Å². The fourth-order valence-electron chi connectivity index (χ4n) is 3.92. The van der Waals surface area contributed by atoms with Gasteiger partial charge >= 0.3 is 6.09 Å². The molecule has 2 saturated heterocycles. The molecule has 0 spiro atoms. The maximum Gasteiger partial charge on any atom is 0.431 e. The molecular weight excluding hydrogens is 350 g/mol. The first-order valence-electron chi connectivity index (χ1n) is 8.98. The molecule has 2 fully saturated rings. The van der Waals surface area contributed by atoms with E-state index in [1.807, 2.05) is 13.0 Å². The number of hydrogen-bond donors (Lipinski definition) is 0. The molecule has 2 bridgehead atoms. The van der Waals surface area contributed by atoms with E-state index >= 15 is 0 Å². The lowest BCUT2D eigenvalue weighted by Crippen LogP contribution is -2.71. The topological polar surface area (TPSA) is 79.4 Å². The highest BCUT2D eigenvalue weighted by molar-refractivity contribution is 5.95. The summed E-state index contributed by atoms with van der Waals surface area (Å²) in [5.41, 5.74) is 1.35. The summed E-state index contributed by atoms with van der Waals surface area (Å²) in [6.07, 6.45) is 0.162. The van der Waals surface area contributed by atoms with Crippen molar-refractivity contribution >= 4 is 17.9 Å². The zero-order chi connectivity index (χ0) is 19.3. The quantitative estimate of drug-likeness (QED) is 0.586. The van der Waals surface area contributed by atoms with Crippen LogP contribution in [0.15, 0.2) is 42.0 Å². The van der Waals surface area contributed by atoms with Crippen LogP contribution in [0.25, 0.3) is 0 Å². The van der Waals surface area contributed by atoms with Crippen LogP contribution in [-0.2, 0) is 14.4 Å². The number of carbonyl (C=O) groups excluding carboxylic acids is 3. The van der Waals surface area contributed by atoms with Crippen molar-refractivity contribution in [3.63, 3.8) is 0 Å². The molecule has 8 heteroatoms. The molecule has 1 aromatic rings. The van der Waals surface area contributed by atoms with Crippen molar-refractivity contribution in [3.8, 4) is 0 Å². The maximum atomic E-state index is 13.1. The van der Waals surface area contributed by atoms with E-state index in [0.717, 1.165) is 5.57 Å². The van der Waals surface area contributed by atoms with E-state index in [-0.39, 0.29) is 24.3 Å². The molecule has 142 valence electrons. The van der Waals surface area contributed by atoms with Crippen LogP contribution in [0, 0.1) is 5.92 Å². The van der Waals surface area contributed by atoms with Crippen LogP contribution in [0.2, 0.25) is 0 Å². The van der Waals surface area contributed by atoms with Gasteiger partial charge in [0, 0.05) is 5.56 Å². The van der Waals surface area contributed by atoms with Gasteiger partial charge in [-0.05, 0) is 37.6 Å². The standard InChI is InChI=1S/C19H21N3O5/c1-4-26-19(25)20-14-10-11(2)15(16-12(3)17(23)21(16)20)22(27-14)18(24)13-8-6-5-7-9-13/h5-10,12,14-16H,4H2,1-3H3/t12-,14-,15+,16+/m1/s1. The summed E-state index contributed by atoms with van der Waals surface area (Å²) in [6, 6.07) is 7.93. The minimum Gasteiger partial charge on any atom is -0.448 e. The molecule has 27 heavy (non-hydrogen) atoms. The summed E-state index contributed by atoms with van der Waals surface area (Å²) in [5, 5.41) is 3.86. The van der Waals surface area contributed by atoms with Gasteiger partial charge in [0.25, 0.3) is 5.91 Å². The maximum absolute atomic E-state index is 13.1. The van der Waals surface area contributed by atoms with Gasteiger partial charge in [0.2, 0.25) is 12.1 Å². The van der Waals surface area contributed by atoms with Gasteiger partial charge in [-0.15, -0.1) is 0 Å². The second-order valence-corrected chi connectivity index (χ2v) is 6.85. The third-order valence-corrected chi connectivity index (χ3v) is 5.23. The molecule has 0 saturated carbocycles. The first-order chi connectivity index (χ1) is 13.0. The summed E-state index contributed by atoms with van der Waals surface area (Å²) in [6.45, 7) is 5.54. The van der Waals surface area contributed by atoms with E-state index < -0.39 is 24.4 Å². The lowest BCUT2D eigenvalue weighted by molar-refractivity contribution is -0.213. The van der Waals surface area contributed by atoms with Gasteiger partial charge in [0.1, 0.15) is 6.04 Å². The van der Waals surface area contributed by atoms with Gasteiger partial charge in [-0.3, -0.25) is 9.59 Å². The number of hydrazine groups is 1. The fourth-order valence-corrected chi connectivity index (χ4v) is 3.92. The van der Waals surface area contributed by atoms with Crippen LogP contribution in [0.4, 0.5) is 4.79 Å². The van der Waals surface area contributed by atoms with Crippen LogP contribution >= 0.6 is 0 Å². The third kappa shape index (κ3) is 2.51. The van der Waals surface area contributed by atoms with Crippen molar-refractivity contribution in [1.29, 1.82) is 0 Å². The molecule has 4 aliphatic rings. The van der Waals surface area contributed by atoms with Crippen molar-refractivity contribution in [1.82, 2.24) is 15.1 Å². The van der Waals surface area contributed by atoms with Crippen molar-refractivity contribution in [3.05, 3.63) is 47.5 Å². The SMILES string of the molecule is CCOC(=O)N1[C@H]2C=C(C)[C@@H]([C@@H]3[C@@H](C)C(=O)N31)N(C(=O)c1ccccc1)O2. The molecule has 4 heterocycles. The van der Waals surface area contributed by atoms with E-state index in [0.29, 0.717) is 5.56 Å². The molecule has 4 aliphatic heterocycles. The molecular formula is C19H21N3O5. The number of nitrogens with zero attached hydrogens (tertiary/aromatic N) is 3. The van der Waals surface area contributed by atoms with Crippen LogP contribution < -0.4 is 0 Å². The number of benzene rings is 1. The summed E-state index contributed by atoms with van der Waals surface area (Å²) in [5.74, 6) is -0.846. The van der Waals surface area contributed by atoms with Gasteiger partial charge in [-0.1, -0.05) is 25.1 Å². The number of ether oxygens (including phenoxy) is 1. The van der Waals surface area contributed by atoms with Crippen molar-refractivity contribution < 1.29 is 24.0 Å². The molecule has 1 aromatic carbocycles. The largest absolute Gasteiger partial charge is 0.448 e. The minimum absolute atomic E-state index is 0.170. The number of rotatable bonds is 2. The number of hydrogen-bond acceptors (Lipinski definition) is 5. The summed E-state index contributed by atoms with van der Waals surface area (Å²) < 4.78 is 5.12. The van der Waals surface area contributed by atoms with Crippen LogP contribution in [0.5, 0.6) is 0 Å². The Kier molecular flexibility index (Phi) is 4.15. The zero-order valence-corrected chi connectivity index (χ0v) is 15.4. The Balaban J connectivity index is 1.75. The summed E-state index contributed by atoms with van der Waals surface area (Å²) in [4.78, 5) is 44.0. The van der Waals surface area contributed by atoms with E-state index in [4.69, 9.17) is 9.57 Å². The van der Waals surface area contributed by atoms with Crippen LogP contribution in [0.1, 0.15) is 31.1 Å². The number of fused-ring (bicyclic) bond motifs is 1. The lowest BCUT2D eigenvalue weighted by Gasteiger charge is -2.50. The fraction of sp³-hybridized carbons (Fsp3) is 0.421. The van der Waals surface area contributed by atoms with E-state index in [1.165, 1.54) is 15.1 Å². The summed E-state index contributed by atoms with van der Waals surface area (Å²) >= 11 is 0. The normalized spacial score (nSPS) is 28.9. The predicted molar refractivity (Wildman–Crippen MR) is 93.7 cm³/mol. The predicted octanol–water partition coefficient (Wildman–Crippen LogP) is 1.95. The van der Waals surface area contributed by atoms with Gasteiger partial charge in [-0.2, -0.15) is 5.01 Å². The summed E-state index contributed by atoms with van der Waals surface area (Å²) in [7, 11) is 0. The second kappa shape index (κ2) is 6.38. The Hall–Kier alpha value is -2.87. The van der Waals surface area contributed by atoms with E-state index in [9.17, 15) is 14.4 Å². The lowest BCUT2D eigenvalue weighted by atomic mass is 9.82. The Morgan fingerprint density at radius 3 is 2.59 bits per heavy atom. The second-order valence-electron chi connectivity index (χ2n) is 6.85. The first-order valence-corrected chi connectivity index (χ1v) is 8.98. The van der Waals surface area contributed by atoms with Crippen LogP contribution in [-0.4, -0.2) is 57.9 Å². The minimum atomic E-state index is -0.922. The molecule has 8 nitrogen and oxygen atoms in total. The highest BCUT2D eigenvalue weighted by Gasteiger charge is 2.61. The third-order valence-electron chi connectivity index (χ3n) is 5.23. The molecule has 4 atom stereocenters. The van der Waals surface area contributed by atoms with Crippen LogP contribution in [0.3, 0.4) is 0 Å². The number of carbonyl (C=O) groups is 3. The Labute approximate surface area is 156 Å². The van der Waals surface area contributed by atoms with Crippen molar-refractivity contribution in [2.75, 3.05) is 6.61 Å². The molecule has 5 rings (SSSR count). The molecule has 0 aromatic heterocycles. The molecule has 3 amide bonds. The van der Waals surface area contributed by atoms with Crippen molar-refractivity contribution in [2.45, 2.75) is 39.1 Å². The first kappa shape index (κ1) is 17.5. The highest BCUT2D eigenvalue weighted by atomic mass is 16.7. The van der Waals surface area contributed by atoms with Gasteiger partial charge < -0.3 is 4.74 Å². The highest BCUT2D eigenvalue weighted by Crippen LogP contribution is 2.43. The number of amides is 3. The molecule has 0 radical (unpaired) electrons. The molecule has 0 aliphatic carbocycles. The smallest absolute Gasteiger partial charge is 0.431 e.